The predicted molar refractivity (Wildman–Crippen MR) is 73.8 cm³/mol. The van der Waals surface area contributed by atoms with Gasteiger partial charge in [-0.05, 0) is 17.9 Å². The van der Waals surface area contributed by atoms with E-state index in [9.17, 15) is 5.26 Å². The van der Waals surface area contributed by atoms with E-state index in [1.54, 1.807) is 6.07 Å². The lowest BCUT2D eigenvalue weighted by atomic mass is 10.0. The van der Waals surface area contributed by atoms with E-state index >= 15 is 0 Å². The first-order chi connectivity index (χ1) is 9.31. The van der Waals surface area contributed by atoms with Crippen LogP contribution in [0.1, 0.15) is 30.9 Å². The molecule has 0 radical (unpaired) electrons. The third-order valence-electron chi connectivity index (χ3n) is 2.98. The van der Waals surface area contributed by atoms with Crippen molar-refractivity contribution < 1.29 is 4.74 Å². The number of fused-ring (bicyclic) bond motifs is 1. The molecule has 0 spiro atoms. The summed E-state index contributed by atoms with van der Waals surface area (Å²) in [5, 5.41) is 20.2. The van der Waals surface area contributed by atoms with Gasteiger partial charge in [0.15, 0.2) is 0 Å². The molecule has 0 saturated carbocycles. The first-order valence-corrected chi connectivity index (χ1v) is 6.30. The van der Waals surface area contributed by atoms with Gasteiger partial charge in [-0.1, -0.05) is 37.6 Å². The lowest BCUT2D eigenvalue weighted by Gasteiger charge is -2.12. The summed E-state index contributed by atoms with van der Waals surface area (Å²) >= 11 is 0. The van der Waals surface area contributed by atoms with Crippen molar-refractivity contribution in [2.24, 2.45) is 0 Å². The Morgan fingerprint density at radius 3 is 2.63 bits per heavy atom. The maximum Gasteiger partial charge on any atom is 0.146 e. The number of ether oxygens (including phenoxy) is 1. The van der Waals surface area contributed by atoms with E-state index in [4.69, 9.17) is 10.00 Å². The molecule has 2 aromatic carbocycles. The summed E-state index contributed by atoms with van der Waals surface area (Å²) in [5.74, 6) is 0.533. The first kappa shape index (κ1) is 12.9. The van der Waals surface area contributed by atoms with Crippen LogP contribution in [-0.4, -0.2) is 6.61 Å². The maximum absolute atomic E-state index is 9.27. The molecule has 0 atom stereocenters. The van der Waals surface area contributed by atoms with Crippen LogP contribution in [0.15, 0.2) is 30.3 Å². The number of nitrogens with zero attached hydrogens (tertiary/aromatic N) is 2. The second-order valence-electron chi connectivity index (χ2n) is 4.28. The summed E-state index contributed by atoms with van der Waals surface area (Å²) < 4.78 is 5.75. The van der Waals surface area contributed by atoms with Gasteiger partial charge in [-0.25, -0.2) is 0 Å². The van der Waals surface area contributed by atoms with Crippen LogP contribution in [0, 0.1) is 22.7 Å². The van der Waals surface area contributed by atoms with E-state index in [-0.39, 0.29) is 0 Å². The number of nitriles is 2. The van der Waals surface area contributed by atoms with Crippen LogP contribution in [-0.2, 0) is 0 Å². The smallest absolute Gasteiger partial charge is 0.146 e. The van der Waals surface area contributed by atoms with Crippen LogP contribution < -0.4 is 4.74 Å². The average molecular weight is 250 g/mol. The minimum Gasteiger partial charge on any atom is -0.492 e. The summed E-state index contributed by atoms with van der Waals surface area (Å²) in [4.78, 5) is 0. The van der Waals surface area contributed by atoms with E-state index in [0.29, 0.717) is 23.5 Å². The summed E-state index contributed by atoms with van der Waals surface area (Å²) in [6.45, 7) is 2.64. The molecule has 0 amide bonds. The second-order valence-corrected chi connectivity index (χ2v) is 4.28. The summed E-state index contributed by atoms with van der Waals surface area (Å²) in [6, 6.07) is 13.5. The molecule has 3 nitrogen and oxygen atoms in total. The van der Waals surface area contributed by atoms with Crippen molar-refractivity contribution in [1.29, 1.82) is 10.5 Å². The second kappa shape index (κ2) is 5.89. The van der Waals surface area contributed by atoms with Crippen LogP contribution in [0.4, 0.5) is 0 Å². The SMILES string of the molecule is CCCCOc1c(C#N)c(C#N)cc2ccccc12. The molecule has 0 aliphatic heterocycles. The number of hydrogen-bond acceptors (Lipinski definition) is 3. The Morgan fingerprint density at radius 1 is 1.16 bits per heavy atom. The van der Waals surface area contributed by atoms with Crippen molar-refractivity contribution in [2.75, 3.05) is 6.61 Å². The van der Waals surface area contributed by atoms with E-state index < -0.39 is 0 Å². The number of benzene rings is 2. The molecule has 0 aliphatic rings. The van der Waals surface area contributed by atoms with Crippen molar-refractivity contribution in [2.45, 2.75) is 19.8 Å². The fourth-order valence-electron chi connectivity index (χ4n) is 1.98. The zero-order chi connectivity index (χ0) is 13.7. The van der Waals surface area contributed by atoms with Gasteiger partial charge < -0.3 is 4.74 Å². The monoisotopic (exact) mass is 250 g/mol. The lowest BCUT2D eigenvalue weighted by molar-refractivity contribution is 0.312. The molecule has 19 heavy (non-hydrogen) atoms. The maximum atomic E-state index is 9.27. The lowest BCUT2D eigenvalue weighted by Crippen LogP contribution is -2.01. The van der Waals surface area contributed by atoms with Crippen LogP contribution in [0.2, 0.25) is 0 Å². The first-order valence-electron chi connectivity index (χ1n) is 6.30. The van der Waals surface area contributed by atoms with E-state index in [1.165, 1.54) is 0 Å². The van der Waals surface area contributed by atoms with Gasteiger partial charge in [-0.15, -0.1) is 0 Å². The molecule has 0 bridgehead atoms. The van der Waals surface area contributed by atoms with Crippen LogP contribution in [0.5, 0.6) is 5.75 Å². The Morgan fingerprint density at radius 2 is 1.95 bits per heavy atom. The molecule has 0 N–H and O–H groups in total. The van der Waals surface area contributed by atoms with E-state index in [2.05, 4.69) is 19.1 Å². The fourth-order valence-corrected chi connectivity index (χ4v) is 1.98. The van der Waals surface area contributed by atoms with Crippen molar-refractivity contribution in [3.05, 3.63) is 41.5 Å². The molecular formula is C16H14N2O. The molecule has 0 unspecified atom stereocenters. The van der Waals surface area contributed by atoms with Crippen molar-refractivity contribution in [1.82, 2.24) is 0 Å². The van der Waals surface area contributed by atoms with Gasteiger partial charge in [0.2, 0.25) is 0 Å². The van der Waals surface area contributed by atoms with Crippen LogP contribution in [0.25, 0.3) is 10.8 Å². The van der Waals surface area contributed by atoms with E-state index in [0.717, 1.165) is 23.6 Å². The summed E-state index contributed by atoms with van der Waals surface area (Å²) in [7, 11) is 0. The summed E-state index contributed by atoms with van der Waals surface area (Å²) in [5.41, 5.74) is 0.699. The quantitative estimate of drug-likeness (QED) is 0.776. The molecule has 0 aromatic heterocycles. The largest absolute Gasteiger partial charge is 0.492 e. The molecule has 0 heterocycles. The Balaban J connectivity index is 2.62. The van der Waals surface area contributed by atoms with Crippen LogP contribution >= 0.6 is 0 Å². The van der Waals surface area contributed by atoms with E-state index in [1.807, 2.05) is 24.3 Å². The molecular weight excluding hydrogens is 236 g/mol. The molecule has 0 aliphatic carbocycles. The van der Waals surface area contributed by atoms with Gasteiger partial charge in [0.25, 0.3) is 0 Å². The molecule has 94 valence electrons. The normalized spacial score (nSPS) is 9.84. The Bertz CT molecular complexity index is 677. The van der Waals surface area contributed by atoms with Crippen LogP contribution in [0.3, 0.4) is 0 Å². The Kier molecular flexibility index (Phi) is 4.00. The van der Waals surface area contributed by atoms with Gasteiger partial charge in [-0.3, -0.25) is 0 Å². The minimum absolute atomic E-state index is 0.331. The van der Waals surface area contributed by atoms with Crippen molar-refractivity contribution in [3.8, 4) is 17.9 Å². The molecule has 2 aromatic rings. The number of hydrogen-bond donors (Lipinski definition) is 0. The molecule has 2 rings (SSSR count). The number of unbranched alkanes of at least 4 members (excludes halogenated alkanes) is 1. The van der Waals surface area contributed by atoms with Gasteiger partial charge in [0, 0.05) is 5.39 Å². The molecule has 0 saturated heterocycles. The van der Waals surface area contributed by atoms with Crippen molar-refractivity contribution in [3.63, 3.8) is 0 Å². The topological polar surface area (TPSA) is 56.8 Å². The highest BCUT2D eigenvalue weighted by Crippen LogP contribution is 2.32. The Labute approximate surface area is 112 Å². The fraction of sp³-hybridized carbons (Fsp3) is 0.250. The average Bonchev–Trinajstić information content (AvgIpc) is 2.46. The van der Waals surface area contributed by atoms with Gasteiger partial charge in [-0.2, -0.15) is 10.5 Å². The third kappa shape index (κ3) is 2.51. The Hall–Kier alpha value is -2.52. The van der Waals surface area contributed by atoms with Gasteiger partial charge >= 0.3 is 0 Å². The number of rotatable bonds is 4. The van der Waals surface area contributed by atoms with Gasteiger partial charge in [0.1, 0.15) is 23.5 Å². The molecule has 3 heteroatoms. The minimum atomic E-state index is 0.331. The zero-order valence-electron chi connectivity index (χ0n) is 10.8. The third-order valence-corrected chi connectivity index (χ3v) is 2.98. The zero-order valence-corrected chi connectivity index (χ0v) is 10.8. The van der Waals surface area contributed by atoms with Gasteiger partial charge in [0.05, 0.1) is 12.2 Å². The molecule has 0 fully saturated rings. The predicted octanol–water partition coefficient (Wildman–Crippen LogP) is 3.76. The summed E-state index contributed by atoms with van der Waals surface area (Å²) in [6.07, 6.45) is 1.95. The highest BCUT2D eigenvalue weighted by atomic mass is 16.5. The highest BCUT2D eigenvalue weighted by molar-refractivity contribution is 5.92. The highest BCUT2D eigenvalue weighted by Gasteiger charge is 2.14. The van der Waals surface area contributed by atoms with Crippen molar-refractivity contribution >= 4 is 10.8 Å². The standard InChI is InChI=1S/C16H14N2O/c1-2-3-8-19-16-14-7-5-4-6-12(14)9-13(10-17)15(16)11-18/h4-7,9H,2-3,8H2,1H3.